The van der Waals surface area contributed by atoms with Crippen molar-refractivity contribution >= 4 is 11.9 Å². The van der Waals surface area contributed by atoms with E-state index in [1.807, 2.05) is 0 Å². The van der Waals surface area contributed by atoms with Crippen LogP contribution in [0.25, 0.3) is 0 Å². The lowest BCUT2D eigenvalue weighted by Crippen LogP contribution is -2.10. The zero-order chi connectivity index (χ0) is 12.0. The number of hydrogen-bond donors (Lipinski definition) is 0. The van der Waals surface area contributed by atoms with Gasteiger partial charge in [0.25, 0.3) is 0 Å². The van der Waals surface area contributed by atoms with Gasteiger partial charge in [0, 0.05) is 6.92 Å². The Kier molecular flexibility index (Phi) is 4.10. The van der Waals surface area contributed by atoms with Crippen LogP contribution in [0.3, 0.4) is 0 Å². The van der Waals surface area contributed by atoms with E-state index in [4.69, 9.17) is 15.9 Å². The van der Waals surface area contributed by atoms with Gasteiger partial charge >= 0.3 is 11.9 Å². The summed E-state index contributed by atoms with van der Waals surface area (Å²) in [7, 11) is 0. The van der Waals surface area contributed by atoms with Crippen molar-refractivity contribution in [2.24, 2.45) is 0 Å². The number of rotatable bonds is 3. The Balaban J connectivity index is 2.90. The standard InChI is InChI=1S/C12H10O4/c1-3-8-15-12(14)10-6-4-5-7-11(10)16-9(2)13/h1,4-7H,8H2,2H3. The largest absolute Gasteiger partial charge is 0.449 e. The highest BCUT2D eigenvalue weighted by atomic mass is 16.5. The predicted octanol–water partition coefficient (Wildman–Crippen LogP) is 1.40. The molecule has 1 rings (SSSR count). The fourth-order valence-electron chi connectivity index (χ4n) is 1.06. The fourth-order valence-corrected chi connectivity index (χ4v) is 1.06. The summed E-state index contributed by atoms with van der Waals surface area (Å²) in [4.78, 5) is 22.3. The minimum absolute atomic E-state index is 0.118. The molecule has 82 valence electrons. The first-order valence-electron chi connectivity index (χ1n) is 4.53. The first kappa shape index (κ1) is 11.8. The Bertz CT molecular complexity index is 443. The lowest BCUT2D eigenvalue weighted by molar-refractivity contribution is -0.131. The van der Waals surface area contributed by atoms with Gasteiger partial charge in [0.1, 0.15) is 11.3 Å². The number of benzene rings is 1. The maximum atomic E-state index is 11.5. The van der Waals surface area contributed by atoms with Crippen LogP contribution in [0.5, 0.6) is 5.75 Å². The van der Waals surface area contributed by atoms with Gasteiger partial charge in [-0.2, -0.15) is 0 Å². The van der Waals surface area contributed by atoms with Crippen molar-refractivity contribution in [1.82, 2.24) is 0 Å². The van der Waals surface area contributed by atoms with Crippen molar-refractivity contribution in [3.8, 4) is 18.1 Å². The molecule has 0 aliphatic heterocycles. The van der Waals surface area contributed by atoms with Crippen LogP contribution in [-0.4, -0.2) is 18.5 Å². The zero-order valence-corrected chi connectivity index (χ0v) is 8.73. The van der Waals surface area contributed by atoms with E-state index >= 15 is 0 Å². The van der Waals surface area contributed by atoms with Crippen LogP contribution < -0.4 is 4.74 Å². The Morgan fingerprint density at radius 1 is 1.38 bits per heavy atom. The summed E-state index contributed by atoms with van der Waals surface area (Å²) in [5.74, 6) is 1.22. The van der Waals surface area contributed by atoms with Crippen molar-refractivity contribution in [1.29, 1.82) is 0 Å². The van der Waals surface area contributed by atoms with Crippen molar-refractivity contribution in [2.45, 2.75) is 6.92 Å². The molecule has 0 saturated carbocycles. The topological polar surface area (TPSA) is 52.6 Å². The molecule has 0 spiro atoms. The molecular formula is C12H10O4. The summed E-state index contributed by atoms with van der Waals surface area (Å²) in [5, 5.41) is 0. The van der Waals surface area contributed by atoms with E-state index < -0.39 is 11.9 Å². The highest BCUT2D eigenvalue weighted by molar-refractivity contribution is 5.93. The first-order valence-corrected chi connectivity index (χ1v) is 4.53. The van der Waals surface area contributed by atoms with Crippen molar-refractivity contribution in [2.75, 3.05) is 6.61 Å². The molecule has 0 radical (unpaired) electrons. The highest BCUT2D eigenvalue weighted by Crippen LogP contribution is 2.18. The normalized spacial score (nSPS) is 9.00. The molecule has 0 saturated heterocycles. The molecule has 0 bridgehead atoms. The van der Waals surface area contributed by atoms with Gasteiger partial charge < -0.3 is 9.47 Å². The highest BCUT2D eigenvalue weighted by Gasteiger charge is 2.14. The number of carbonyl (C=O) groups is 2. The van der Waals surface area contributed by atoms with Gasteiger partial charge in [-0.25, -0.2) is 4.79 Å². The number of para-hydroxylation sites is 1. The molecule has 4 heteroatoms. The quantitative estimate of drug-likeness (QED) is 0.437. The average molecular weight is 218 g/mol. The van der Waals surface area contributed by atoms with E-state index in [1.165, 1.54) is 19.1 Å². The Hall–Kier alpha value is -2.28. The molecule has 0 aromatic heterocycles. The lowest BCUT2D eigenvalue weighted by Gasteiger charge is -2.07. The zero-order valence-electron chi connectivity index (χ0n) is 8.73. The van der Waals surface area contributed by atoms with Crippen molar-refractivity contribution in [3.05, 3.63) is 29.8 Å². The Morgan fingerprint density at radius 3 is 2.69 bits per heavy atom. The number of terminal acetylenes is 1. The predicted molar refractivity (Wildman–Crippen MR) is 56.9 cm³/mol. The van der Waals surface area contributed by atoms with Crippen LogP contribution >= 0.6 is 0 Å². The molecule has 0 fully saturated rings. The molecule has 0 aliphatic rings. The molecule has 1 aromatic rings. The second-order valence-electron chi connectivity index (χ2n) is 2.87. The molecule has 0 N–H and O–H groups in total. The van der Waals surface area contributed by atoms with Gasteiger partial charge in [-0.05, 0) is 12.1 Å². The van der Waals surface area contributed by atoms with Crippen LogP contribution in [0.4, 0.5) is 0 Å². The van der Waals surface area contributed by atoms with Gasteiger partial charge in [-0.15, -0.1) is 6.42 Å². The minimum atomic E-state index is -0.616. The summed E-state index contributed by atoms with van der Waals surface area (Å²) in [5.41, 5.74) is 0.174. The second-order valence-corrected chi connectivity index (χ2v) is 2.87. The van der Waals surface area contributed by atoms with Crippen molar-refractivity contribution < 1.29 is 19.1 Å². The van der Waals surface area contributed by atoms with Gasteiger partial charge in [0.2, 0.25) is 0 Å². The third kappa shape index (κ3) is 3.14. The summed E-state index contributed by atoms with van der Waals surface area (Å²) in [6.45, 7) is 1.14. The molecular weight excluding hydrogens is 208 g/mol. The van der Waals surface area contributed by atoms with E-state index in [-0.39, 0.29) is 17.9 Å². The third-order valence-corrected chi connectivity index (χ3v) is 1.65. The molecule has 0 amide bonds. The number of carbonyl (C=O) groups excluding carboxylic acids is 2. The number of esters is 2. The van der Waals surface area contributed by atoms with E-state index in [1.54, 1.807) is 12.1 Å². The first-order chi connectivity index (χ1) is 7.65. The van der Waals surface area contributed by atoms with E-state index in [0.29, 0.717) is 0 Å². The summed E-state index contributed by atoms with van der Waals surface area (Å²) in [6.07, 6.45) is 4.96. The SMILES string of the molecule is C#CCOC(=O)c1ccccc1OC(C)=O. The molecule has 0 atom stereocenters. The van der Waals surface area contributed by atoms with Crippen molar-refractivity contribution in [3.63, 3.8) is 0 Å². The Labute approximate surface area is 93.2 Å². The second kappa shape index (κ2) is 5.56. The summed E-state index contributed by atoms with van der Waals surface area (Å²) in [6, 6.07) is 6.29. The molecule has 0 heterocycles. The molecule has 1 aromatic carbocycles. The third-order valence-electron chi connectivity index (χ3n) is 1.65. The Morgan fingerprint density at radius 2 is 2.06 bits per heavy atom. The number of hydrogen-bond acceptors (Lipinski definition) is 4. The number of ether oxygens (including phenoxy) is 2. The molecule has 16 heavy (non-hydrogen) atoms. The van der Waals surface area contributed by atoms with Gasteiger partial charge in [0.15, 0.2) is 6.61 Å². The smallest absolute Gasteiger partial charge is 0.342 e. The van der Waals surface area contributed by atoms with Gasteiger partial charge in [0.05, 0.1) is 0 Å². The molecule has 0 unspecified atom stereocenters. The maximum absolute atomic E-state index is 11.5. The lowest BCUT2D eigenvalue weighted by atomic mass is 10.2. The van der Waals surface area contributed by atoms with Crippen LogP contribution in [-0.2, 0) is 9.53 Å². The average Bonchev–Trinajstić information content (AvgIpc) is 2.26. The molecule has 0 aliphatic carbocycles. The monoisotopic (exact) mass is 218 g/mol. The van der Waals surface area contributed by atoms with Crippen LogP contribution in [0, 0.1) is 12.3 Å². The molecule has 4 nitrogen and oxygen atoms in total. The van der Waals surface area contributed by atoms with E-state index in [0.717, 1.165) is 0 Å². The van der Waals surface area contributed by atoms with Crippen LogP contribution in [0.15, 0.2) is 24.3 Å². The summed E-state index contributed by atoms with van der Waals surface area (Å²) >= 11 is 0. The minimum Gasteiger partial charge on any atom is -0.449 e. The van der Waals surface area contributed by atoms with Gasteiger partial charge in [-0.1, -0.05) is 18.1 Å². The van der Waals surface area contributed by atoms with Gasteiger partial charge in [-0.3, -0.25) is 4.79 Å². The van der Waals surface area contributed by atoms with Crippen LogP contribution in [0.1, 0.15) is 17.3 Å². The summed E-state index contributed by atoms with van der Waals surface area (Å²) < 4.78 is 9.59. The van der Waals surface area contributed by atoms with E-state index in [9.17, 15) is 9.59 Å². The maximum Gasteiger partial charge on any atom is 0.342 e. The van der Waals surface area contributed by atoms with E-state index in [2.05, 4.69) is 5.92 Å². The fraction of sp³-hybridized carbons (Fsp3) is 0.167. The van der Waals surface area contributed by atoms with Crippen LogP contribution in [0.2, 0.25) is 0 Å².